The largest absolute Gasteiger partial charge is 0.351 e. The van der Waals surface area contributed by atoms with Crippen molar-refractivity contribution in [1.29, 1.82) is 0 Å². The van der Waals surface area contributed by atoms with Crippen LogP contribution in [0.2, 0.25) is 0 Å². The molecule has 7 nitrogen and oxygen atoms in total. The van der Waals surface area contributed by atoms with Gasteiger partial charge in [0, 0.05) is 51.1 Å². The molecule has 2 aromatic heterocycles. The summed E-state index contributed by atoms with van der Waals surface area (Å²) in [7, 11) is 0. The van der Waals surface area contributed by atoms with E-state index in [1.165, 1.54) is 6.08 Å². The van der Waals surface area contributed by atoms with Crippen LogP contribution in [0.25, 0.3) is 11.2 Å². The summed E-state index contributed by atoms with van der Waals surface area (Å²) in [5.74, 6) is -1.75. The van der Waals surface area contributed by atoms with E-state index in [2.05, 4.69) is 35.3 Å². The monoisotopic (exact) mass is 459 g/mol. The molecule has 3 heterocycles. The molecule has 0 aromatic carbocycles. The van der Waals surface area contributed by atoms with Gasteiger partial charge >= 0.3 is 0 Å². The van der Waals surface area contributed by atoms with Gasteiger partial charge in [-0.15, -0.1) is 0 Å². The van der Waals surface area contributed by atoms with E-state index in [9.17, 15) is 18.4 Å². The summed E-state index contributed by atoms with van der Waals surface area (Å²) in [5.41, 5.74) is 1.47. The summed E-state index contributed by atoms with van der Waals surface area (Å²) in [4.78, 5) is 41.3. The van der Waals surface area contributed by atoms with Crippen molar-refractivity contribution < 1.29 is 18.4 Å². The fourth-order valence-electron chi connectivity index (χ4n) is 4.92. The number of carbonyl (C=O) groups excluding carboxylic acids is 2. The van der Waals surface area contributed by atoms with Gasteiger partial charge in [0.1, 0.15) is 11.3 Å². The van der Waals surface area contributed by atoms with Gasteiger partial charge in [0.25, 0.3) is 0 Å². The van der Waals surface area contributed by atoms with Gasteiger partial charge in [-0.2, -0.15) is 0 Å². The Balaban J connectivity index is 1.49. The molecular weight excluding hydrogens is 428 g/mol. The highest BCUT2D eigenvalue weighted by atomic mass is 19.3. The van der Waals surface area contributed by atoms with Gasteiger partial charge in [-0.1, -0.05) is 20.4 Å². The number of rotatable bonds is 8. The molecule has 1 amide bonds. The van der Waals surface area contributed by atoms with Crippen LogP contribution in [-0.2, 0) is 4.79 Å². The van der Waals surface area contributed by atoms with E-state index in [0.717, 1.165) is 6.42 Å². The maximum Gasteiger partial charge on any atom is 0.248 e. The smallest absolute Gasteiger partial charge is 0.248 e. The van der Waals surface area contributed by atoms with Crippen LogP contribution in [0, 0.1) is 11.8 Å². The molecule has 1 N–H and O–H groups in total. The lowest BCUT2D eigenvalue weighted by Crippen LogP contribution is -2.55. The van der Waals surface area contributed by atoms with Gasteiger partial charge in [-0.3, -0.25) is 9.59 Å². The molecule has 0 spiro atoms. The van der Waals surface area contributed by atoms with Crippen LogP contribution in [0.1, 0.15) is 56.3 Å². The van der Waals surface area contributed by atoms with Crippen LogP contribution in [0.3, 0.4) is 0 Å². The number of alkyl halides is 2. The second-order valence-corrected chi connectivity index (χ2v) is 9.68. The molecule has 1 saturated heterocycles. The number of anilines is 1. The van der Waals surface area contributed by atoms with Crippen LogP contribution in [0.15, 0.2) is 25.0 Å². The van der Waals surface area contributed by atoms with E-state index in [1.54, 1.807) is 12.4 Å². The Hall–Kier alpha value is -2.84. The number of fused-ring (bicyclic) bond motifs is 1. The van der Waals surface area contributed by atoms with Crippen molar-refractivity contribution >= 4 is 28.7 Å². The molecule has 2 fully saturated rings. The highest BCUT2D eigenvalue weighted by Crippen LogP contribution is 2.44. The number of hydrogen-bond donors (Lipinski definition) is 1. The maximum absolute atomic E-state index is 13.1. The van der Waals surface area contributed by atoms with Gasteiger partial charge in [-0.05, 0) is 30.8 Å². The quantitative estimate of drug-likeness (QED) is 0.472. The van der Waals surface area contributed by atoms with Gasteiger partial charge in [0.2, 0.25) is 11.8 Å². The minimum atomic E-state index is -2.57. The zero-order chi connectivity index (χ0) is 23.8. The van der Waals surface area contributed by atoms with Crippen molar-refractivity contribution in [1.82, 2.24) is 19.9 Å². The summed E-state index contributed by atoms with van der Waals surface area (Å²) in [6, 6.07) is 0.0367. The molecule has 0 radical (unpaired) electrons. The summed E-state index contributed by atoms with van der Waals surface area (Å²) < 4.78 is 26.1. The second kappa shape index (κ2) is 9.19. The Morgan fingerprint density at radius 2 is 2.09 bits per heavy atom. The lowest BCUT2D eigenvalue weighted by molar-refractivity contribution is -0.129. The molecule has 0 bridgehead atoms. The average Bonchev–Trinajstić information content (AvgIpc) is 3.18. The Morgan fingerprint density at radius 1 is 1.33 bits per heavy atom. The van der Waals surface area contributed by atoms with Crippen molar-refractivity contribution in [2.24, 2.45) is 11.8 Å². The van der Waals surface area contributed by atoms with Gasteiger partial charge in [-0.25, -0.2) is 18.7 Å². The van der Waals surface area contributed by atoms with E-state index in [1.807, 2.05) is 4.90 Å². The summed E-state index contributed by atoms with van der Waals surface area (Å²) in [5, 5.41) is 0. The molecule has 33 heavy (non-hydrogen) atoms. The molecular formula is C24H31F2N5O2. The minimum Gasteiger partial charge on any atom is -0.351 e. The van der Waals surface area contributed by atoms with Crippen LogP contribution in [0.4, 0.5) is 14.6 Å². The topological polar surface area (TPSA) is 82.2 Å². The fraction of sp³-hybridized carbons (Fsp3) is 0.583. The summed E-state index contributed by atoms with van der Waals surface area (Å²) >= 11 is 0. The number of nitrogens with zero attached hydrogens (tertiary/aromatic N) is 4. The molecule has 4 rings (SSSR count). The summed E-state index contributed by atoms with van der Waals surface area (Å²) in [6.07, 6.45) is 5.93. The van der Waals surface area contributed by atoms with E-state index in [-0.39, 0.29) is 42.9 Å². The van der Waals surface area contributed by atoms with Gasteiger partial charge < -0.3 is 14.8 Å². The minimum absolute atomic E-state index is 0.0367. The molecule has 1 aliphatic heterocycles. The van der Waals surface area contributed by atoms with E-state index in [4.69, 9.17) is 4.98 Å². The molecule has 2 aliphatic rings. The van der Waals surface area contributed by atoms with Crippen molar-refractivity contribution in [3.05, 3.63) is 30.6 Å². The van der Waals surface area contributed by atoms with Crippen molar-refractivity contribution in [3.63, 3.8) is 0 Å². The number of amides is 1. The SMILES string of the molecule is C=CC(=O)N1CCN(c2cnc3[nH]cc(C(=O)CCC4CC(F)(F)C4)c3n2)C[C@@H]1CC(C)C. The molecule has 9 heteroatoms. The molecule has 1 atom stereocenters. The number of H-pyrrole nitrogens is 1. The number of carbonyl (C=O) groups is 2. The fourth-order valence-corrected chi connectivity index (χ4v) is 4.92. The number of aromatic amines is 1. The van der Waals surface area contributed by atoms with Crippen LogP contribution < -0.4 is 4.90 Å². The summed E-state index contributed by atoms with van der Waals surface area (Å²) in [6.45, 7) is 9.68. The first-order valence-corrected chi connectivity index (χ1v) is 11.6. The van der Waals surface area contributed by atoms with Gasteiger partial charge in [0.15, 0.2) is 11.4 Å². The first-order chi connectivity index (χ1) is 15.7. The third kappa shape index (κ3) is 5.07. The Bertz CT molecular complexity index is 1040. The number of Topliss-reactive ketones (excluding diaryl/α,β-unsaturated/α-hetero) is 1. The number of halogens is 2. The normalized spacial score (nSPS) is 20.8. The second-order valence-electron chi connectivity index (χ2n) is 9.68. The van der Waals surface area contributed by atoms with Crippen molar-refractivity contribution in [2.45, 2.75) is 57.9 Å². The van der Waals surface area contributed by atoms with Crippen molar-refractivity contribution in [2.75, 3.05) is 24.5 Å². The molecule has 178 valence electrons. The predicted octanol–water partition coefficient (Wildman–Crippen LogP) is 4.22. The number of piperazine rings is 1. The molecule has 1 aliphatic carbocycles. The first kappa shape index (κ1) is 23.3. The number of nitrogens with one attached hydrogen (secondary N) is 1. The van der Waals surface area contributed by atoms with Crippen molar-refractivity contribution in [3.8, 4) is 0 Å². The Kier molecular flexibility index (Phi) is 6.50. The van der Waals surface area contributed by atoms with Gasteiger partial charge in [0.05, 0.1) is 11.8 Å². The lowest BCUT2D eigenvalue weighted by Gasteiger charge is -2.42. The van der Waals surface area contributed by atoms with E-state index < -0.39 is 5.92 Å². The zero-order valence-electron chi connectivity index (χ0n) is 19.2. The molecule has 2 aromatic rings. The Labute approximate surface area is 192 Å². The number of aromatic nitrogens is 3. The third-order valence-corrected chi connectivity index (χ3v) is 6.63. The highest BCUT2D eigenvalue weighted by molar-refractivity contribution is 6.05. The van der Waals surface area contributed by atoms with Crippen LogP contribution in [0.5, 0.6) is 0 Å². The highest BCUT2D eigenvalue weighted by Gasteiger charge is 2.44. The lowest BCUT2D eigenvalue weighted by atomic mass is 9.78. The Morgan fingerprint density at radius 3 is 2.76 bits per heavy atom. The number of ketones is 1. The first-order valence-electron chi connectivity index (χ1n) is 11.6. The predicted molar refractivity (Wildman–Crippen MR) is 122 cm³/mol. The van der Waals surface area contributed by atoms with E-state index in [0.29, 0.717) is 54.5 Å². The van der Waals surface area contributed by atoms with E-state index >= 15 is 0 Å². The third-order valence-electron chi connectivity index (χ3n) is 6.63. The maximum atomic E-state index is 13.1. The number of hydrogen-bond acceptors (Lipinski definition) is 5. The average molecular weight is 460 g/mol. The molecule has 0 unspecified atom stereocenters. The zero-order valence-corrected chi connectivity index (χ0v) is 19.2. The van der Waals surface area contributed by atoms with Crippen LogP contribution >= 0.6 is 0 Å². The standard InChI is InChI=1S/C24H31F2N5O2/c1-4-21(33)31-8-7-30(14-17(31)9-15(2)3)20-13-28-23-22(29-20)18(12-27-23)19(32)6-5-16-10-24(25,26)11-16/h4,12-13,15-17H,1,5-11,14H2,2-3H3,(H,27,28)/t17-/m0/s1. The van der Waals surface area contributed by atoms with Crippen LogP contribution in [-0.4, -0.2) is 63.1 Å². The molecule has 1 saturated carbocycles.